The summed E-state index contributed by atoms with van der Waals surface area (Å²) in [7, 11) is 0. The number of hydrogen-bond donors (Lipinski definition) is 1. The second kappa shape index (κ2) is 9.18. The Balaban J connectivity index is 1.07. The number of nitrogens with zero attached hydrogens (tertiary/aromatic N) is 3. The Kier molecular flexibility index (Phi) is 5.96. The third kappa shape index (κ3) is 4.71. The maximum absolute atomic E-state index is 12.5. The number of piperazine rings is 1. The largest absolute Gasteiger partial charge is 0.454 e. The van der Waals surface area contributed by atoms with E-state index in [0.29, 0.717) is 19.8 Å². The zero-order valence-corrected chi connectivity index (χ0v) is 18.1. The predicted octanol–water partition coefficient (Wildman–Crippen LogP) is 2.30. The predicted molar refractivity (Wildman–Crippen MR) is 121 cm³/mol. The minimum atomic E-state index is -0.0146. The molecule has 3 aliphatic heterocycles. The molecular weight excluding hydrogens is 408 g/mol. The second-order valence-corrected chi connectivity index (χ2v) is 8.48. The zero-order valence-electron chi connectivity index (χ0n) is 18.1. The molecule has 0 aliphatic carbocycles. The first kappa shape index (κ1) is 20.8. The smallest absolute Gasteiger partial charge is 0.238 e. The lowest BCUT2D eigenvalue weighted by Crippen LogP contribution is -2.48. The van der Waals surface area contributed by atoms with Crippen molar-refractivity contribution in [3.8, 4) is 11.5 Å². The highest BCUT2D eigenvalue weighted by Gasteiger charge is 2.22. The molecule has 8 heteroatoms. The fraction of sp³-hybridized carbons (Fsp3) is 0.417. The first-order chi connectivity index (χ1) is 15.6. The van der Waals surface area contributed by atoms with Crippen LogP contribution in [0.2, 0.25) is 0 Å². The fourth-order valence-electron chi connectivity index (χ4n) is 4.45. The Morgan fingerprint density at radius 1 is 0.906 bits per heavy atom. The molecular formula is C24H28N4O4. The van der Waals surface area contributed by atoms with Crippen LogP contribution in [-0.4, -0.2) is 67.7 Å². The monoisotopic (exact) mass is 436 g/mol. The molecule has 3 heterocycles. The van der Waals surface area contributed by atoms with E-state index in [1.54, 1.807) is 4.90 Å². The molecule has 3 aliphatic rings. The average molecular weight is 437 g/mol. The van der Waals surface area contributed by atoms with Gasteiger partial charge in [-0.1, -0.05) is 6.07 Å². The lowest BCUT2D eigenvalue weighted by Gasteiger charge is -2.34. The van der Waals surface area contributed by atoms with E-state index in [0.717, 1.165) is 68.6 Å². The third-order valence-electron chi connectivity index (χ3n) is 6.21. The van der Waals surface area contributed by atoms with Crippen LogP contribution in [-0.2, 0) is 16.1 Å². The van der Waals surface area contributed by atoms with Crippen molar-refractivity contribution >= 4 is 23.2 Å². The van der Waals surface area contributed by atoms with Crippen molar-refractivity contribution in [1.29, 1.82) is 0 Å². The van der Waals surface area contributed by atoms with Crippen LogP contribution in [0.5, 0.6) is 11.5 Å². The van der Waals surface area contributed by atoms with E-state index in [1.165, 1.54) is 5.56 Å². The summed E-state index contributed by atoms with van der Waals surface area (Å²) in [6, 6.07) is 13.6. The van der Waals surface area contributed by atoms with Crippen molar-refractivity contribution in [3.05, 3.63) is 48.0 Å². The summed E-state index contributed by atoms with van der Waals surface area (Å²) in [6.45, 7) is 5.85. The van der Waals surface area contributed by atoms with Crippen LogP contribution in [0.15, 0.2) is 42.5 Å². The van der Waals surface area contributed by atoms with Crippen molar-refractivity contribution in [1.82, 2.24) is 9.80 Å². The van der Waals surface area contributed by atoms with Crippen molar-refractivity contribution in [2.45, 2.75) is 19.4 Å². The summed E-state index contributed by atoms with van der Waals surface area (Å²) >= 11 is 0. The van der Waals surface area contributed by atoms with Crippen LogP contribution >= 0.6 is 0 Å². The van der Waals surface area contributed by atoms with E-state index in [1.807, 2.05) is 36.4 Å². The number of rotatable bonds is 6. The highest BCUT2D eigenvalue weighted by molar-refractivity contribution is 5.96. The van der Waals surface area contributed by atoms with Gasteiger partial charge in [0.2, 0.25) is 18.6 Å². The Morgan fingerprint density at radius 3 is 2.41 bits per heavy atom. The van der Waals surface area contributed by atoms with Crippen molar-refractivity contribution in [2.24, 2.45) is 0 Å². The Morgan fingerprint density at radius 2 is 1.66 bits per heavy atom. The number of benzene rings is 2. The van der Waals surface area contributed by atoms with Gasteiger partial charge in [0, 0.05) is 57.1 Å². The number of amides is 2. The molecule has 2 saturated heterocycles. The summed E-state index contributed by atoms with van der Waals surface area (Å²) in [5.74, 6) is 1.78. The number of carbonyl (C=O) groups excluding carboxylic acids is 2. The van der Waals surface area contributed by atoms with Crippen molar-refractivity contribution in [2.75, 3.05) is 56.3 Å². The summed E-state index contributed by atoms with van der Waals surface area (Å²) in [5.41, 5.74) is 2.86. The van der Waals surface area contributed by atoms with Crippen LogP contribution in [0.1, 0.15) is 18.4 Å². The highest BCUT2D eigenvalue weighted by atomic mass is 16.7. The van der Waals surface area contributed by atoms with Gasteiger partial charge in [0.15, 0.2) is 11.5 Å². The zero-order chi connectivity index (χ0) is 21.9. The SMILES string of the molecule is O=C(CN1CCN(Cc2ccc3c(c2)OCO3)CC1)Nc1ccc(N2CCCC2=O)cc1. The molecule has 5 rings (SSSR count). The molecule has 0 unspecified atom stereocenters. The number of ether oxygens (including phenoxy) is 2. The molecule has 0 radical (unpaired) electrons. The maximum atomic E-state index is 12.5. The van der Waals surface area contributed by atoms with Crippen LogP contribution in [0.25, 0.3) is 0 Å². The van der Waals surface area contributed by atoms with Gasteiger partial charge in [-0.05, 0) is 48.4 Å². The van der Waals surface area contributed by atoms with Crippen molar-refractivity contribution < 1.29 is 19.1 Å². The molecule has 8 nitrogen and oxygen atoms in total. The van der Waals surface area contributed by atoms with E-state index in [4.69, 9.17) is 9.47 Å². The second-order valence-electron chi connectivity index (χ2n) is 8.48. The molecule has 0 spiro atoms. The molecule has 0 bridgehead atoms. The van der Waals surface area contributed by atoms with Crippen molar-refractivity contribution in [3.63, 3.8) is 0 Å². The molecule has 0 saturated carbocycles. The standard InChI is InChI=1S/C24H28N4O4/c29-23(25-19-4-6-20(7-5-19)28-9-1-2-24(28)30)16-27-12-10-26(11-13-27)15-18-3-8-21-22(14-18)32-17-31-21/h3-8,14H,1-2,9-13,15-17H2,(H,25,29). The van der Waals surface area contributed by atoms with Gasteiger partial charge in [0.25, 0.3) is 0 Å². The number of carbonyl (C=O) groups is 2. The van der Waals surface area contributed by atoms with Gasteiger partial charge >= 0.3 is 0 Å². The molecule has 0 aromatic heterocycles. The van der Waals surface area contributed by atoms with Gasteiger partial charge in [0.1, 0.15) is 0 Å². The molecule has 168 valence electrons. The van der Waals surface area contributed by atoms with E-state index in [2.05, 4.69) is 21.2 Å². The van der Waals surface area contributed by atoms with E-state index < -0.39 is 0 Å². The number of nitrogens with one attached hydrogen (secondary N) is 1. The summed E-state index contributed by atoms with van der Waals surface area (Å²) < 4.78 is 10.8. The lowest BCUT2D eigenvalue weighted by atomic mass is 10.1. The Hall–Kier alpha value is -3.10. The third-order valence-corrected chi connectivity index (χ3v) is 6.21. The topological polar surface area (TPSA) is 74.4 Å². The summed E-state index contributed by atoms with van der Waals surface area (Å²) in [6.07, 6.45) is 1.52. The summed E-state index contributed by atoms with van der Waals surface area (Å²) in [5, 5.41) is 2.97. The quantitative estimate of drug-likeness (QED) is 0.749. The fourth-order valence-corrected chi connectivity index (χ4v) is 4.45. The van der Waals surface area contributed by atoms with Gasteiger partial charge in [0.05, 0.1) is 6.54 Å². The number of fused-ring (bicyclic) bond motifs is 1. The molecule has 0 atom stereocenters. The normalized spacial score (nSPS) is 18.9. The maximum Gasteiger partial charge on any atom is 0.238 e. The average Bonchev–Trinajstić information content (AvgIpc) is 3.44. The van der Waals surface area contributed by atoms with Gasteiger partial charge in [-0.25, -0.2) is 0 Å². The minimum absolute atomic E-state index is 0.0146. The minimum Gasteiger partial charge on any atom is -0.454 e. The first-order valence-corrected chi connectivity index (χ1v) is 11.2. The first-order valence-electron chi connectivity index (χ1n) is 11.2. The molecule has 32 heavy (non-hydrogen) atoms. The van der Waals surface area contributed by atoms with Gasteiger partial charge in [-0.2, -0.15) is 0 Å². The summed E-state index contributed by atoms with van der Waals surface area (Å²) in [4.78, 5) is 30.7. The molecule has 2 fully saturated rings. The van der Waals surface area contributed by atoms with Gasteiger partial charge in [-0.3, -0.25) is 19.4 Å². The number of hydrogen-bond acceptors (Lipinski definition) is 6. The van der Waals surface area contributed by atoms with Gasteiger partial charge in [-0.15, -0.1) is 0 Å². The van der Waals surface area contributed by atoms with Crippen LogP contribution in [0.3, 0.4) is 0 Å². The van der Waals surface area contributed by atoms with E-state index in [-0.39, 0.29) is 11.8 Å². The molecule has 2 amide bonds. The molecule has 1 N–H and O–H groups in total. The van der Waals surface area contributed by atoms with Crippen LogP contribution in [0, 0.1) is 0 Å². The molecule has 2 aromatic carbocycles. The highest BCUT2D eigenvalue weighted by Crippen LogP contribution is 2.32. The molecule has 2 aromatic rings. The van der Waals surface area contributed by atoms with Crippen LogP contribution in [0.4, 0.5) is 11.4 Å². The lowest BCUT2D eigenvalue weighted by molar-refractivity contribution is -0.118. The van der Waals surface area contributed by atoms with Gasteiger partial charge < -0.3 is 19.7 Å². The van der Waals surface area contributed by atoms with Crippen LogP contribution < -0.4 is 19.7 Å². The van der Waals surface area contributed by atoms with E-state index in [9.17, 15) is 9.59 Å². The van der Waals surface area contributed by atoms with E-state index >= 15 is 0 Å². The number of anilines is 2. The Labute approximate surface area is 187 Å². The Bertz CT molecular complexity index is 986.